The van der Waals surface area contributed by atoms with E-state index in [0.717, 1.165) is 52.1 Å². The molecule has 0 radical (unpaired) electrons. The van der Waals surface area contributed by atoms with Gasteiger partial charge in [0.1, 0.15) is 5.82 Å². The van der Waals surface area contributed by atoms with Crippen LogP contribution in [0.15, 0.2) is 59.5 Å². The van der Waals surface area contributed by atoms with Crippen LogP contribution in [0.5, 0.6) is 0 Å². The maximum Gasteiger partial charge on any atom is 0.227 e. The van der Waals surface area contributed by atoms with Crippen molar-refractivity contribution in [2.24, 2.45) is 0 Å². The smallest absolute Gasteiger partial charge is 0.227 e. The van der Waals surface area contributed by atoms with Gasteiger partial charge in [-0.15, -0.1) is 0 Å². The Balaban J connectivity index is 1.35. The molecule has 1 aliphatic heterocycles. The molecule has 3 aromatic heterocycles. The van der Waals surface area contributed by atoms with E-state index in [2.05, 4.69) is 31.3 Å². The first kappa shape index (κ1) is 24.0. The molecular weight excluding hydrogens is 551 g/mol. The number of nitrogens with zero attached hydrogens (tertiary/aromatic N) is 5. The van der Waals surface area contributed by atoms with Crippen LogP contribution in [0, 0.1) is 0 Å². The fourth-order valence-electron chi connectivity index (χ4n) is 4.37. The lowest BCUT2D eigenvalue weighted by molar-refractivity contribution is -0.131. The Bertz CT molecular complexity index is 1360. The maximum absolute atomic E-state index is 13.1. The number of nitrogens with one attached hydrogen (secondary N) is 1. The number of hydrogen-bond donors (Lipinski definition) is 1. The number of benzene rings is 1. The van der Waals surface area contributed by atoms with Gasteiger partial charge >= 0.3 is 0 Å². The molecule has 1 atom stereocenters. The van der Waals surface area contributed by atoms with Crippen molar-refractivity contribution >= 4 is 56.5 Å². The number of anilines is 1. The van der Waals surface area contributed by atoms with Gasteiger partial charge in [0.15, 0.2) is 5.65 Å². The number of rotatable bonds is 6. The molecule has 1 N–H and O–H groups in total. The van der Waals surface area contributed by atoms with Crippen LogP contribution in [0.3, 0.4) is 0 Å². The Labute approximate surface area is 221 Å². The lowest BCUT2D eigenvalue weighted by Crippen LogP contribution is -2.40. The van der Waals surface area contributed by atoms with E-state index in [-0.39, 0.29) is 11.8 Å². The fourth-order valence-corrected chi connectivity index (χ4v) is 5.04. The van der Waals surface area contributed by atoms with E-state index >= 15 is 0 Å². The molecule has 4 aromatic rings. The molecule has 0 bridgehead atoms. The third-order valence-corrected chi connectivity index (χ3v) is 7.48. The Morgan fingerprint density at radius 2 is 2.03 bits per heavy atom. The first-order valence-electron chi connectivity index (χ1n) is 11.4. The number of hydrogen-bond acceptors (Lipinski definition) is 5. The monoisotopic (exact) mass is 572 g/mol. The zero-order valence-electron chi connectivity index (χ0n) is 18.8. The van der Waals surface area contributed by atoms with Crippen LogP contribution >= 0.6 is 39.1 Å². The Morgan fingerprint density at radius 1 is 1.14 bits per heavy atom. The molecule has 5 rings (SSSR count). The third kappa shape index (κ3) is 5.44. The van der Waals surface area contributed by atoms with Crippen LogP contribution in [0.2, 0.25) is 10.0 Å². The van der Waals surface area contributed by atoms with Crippen molar-refractivity contribution in [3.05, 3.63) is 86.3 Å². The summed E-state index contributed by atoms with van der Waals surface area (Å²) in [5.41, 5.74) is 3.62. The van der Waals surface area contributed by atoms with Gasteiger partial charge in [-0.2, -0.15) is 9.61 Å². The van der Waals surface area contributed by atoms with Crippen molar-refractivity contribution in [3.63, 3.8) is 0 Å². The van der Waals surface area contributed by atoms with E-state index < -0.39 is 0 Å². The van der Waals surface area contributed by atoms with Gasteiger partial charge in [-0.3, -0.25) is 9.78 Å². The number of aromatic nitrogens is 4. The molecule has 1 saturated heterocycles. The number of fused-ring (bicyclic) bond motifs is 1. The highest BCUT2D eigenvalue weighted by Gasteiger charge is 2.27. The molecule has 0 saturated carbocycles. The van der Waals surface area contributed by atoms with Crippen LogP contribution in [-0.2, 0) is 17.8 Å². The minimum atomic E-state index is 0.0784. The van der Waals surface area contributed by atoms with E-state index in [1.165, 1.54) is 0 Å². The van der Waals surface area contributed by atoms with Gasteiger partial charge in [0.25, 0.3) is 0 Å². The highest BCUT2D eigenvalue weighted by Crippen LogP contribution is 2.30. The molecule has 0 aliphatic carbocycles. The largest absolute Gasteiger partial charge is 0.366 e. The minimum Gasteiger partial charge on any atom is -0.366 e. The molecular formula is C25H23BrCl2N6O. The number of amides is 1. The summed E-state index contributed by atoms with van der Waals surface area (Å²) in [6, 6.07) is 11.3. The summed E-state index contributed by atoms with van der Waals surface area (Å²) in [5, 5.41) is 8.88. The molecule has 1 fully saturated rings. The SMILES string of the molecule is O=C(Cc1ccc(Cl)c(Cl)c1)N1CCCC(c2cc(NCc3cccnc3)n3ncc(Br)c3n2)C1. The summed E-state index contributed by atoms with van der Waals surface area (Å²) in [6.45, 7) is 1.97. The molecule has 1 unspecified atom stereocenters. The zero-order chi connectivity index (χ0) is 24.4. The van der Waals surface area contributed by atoms with Crippen LogP contribution in [0.1, 0.15) is 35.6 Å². The molecule has 7 nitrogen and oxygen atoms in total. The number of carbonyl (C=O) groups is 1. The topological polar surface area (TPSA) is 75.4 Å². The van der Waals surface area contributed by atoms with Crippen molar-refractivity contribution in [2.75, 3.05) is 18.4 Å². The minimum absolute atomic E-state index is 0.0784. The first-order valence-corrected chi connectivity index (χ1v) is 12.9. The summed E-state index contributed by atoms with van der Waals surface area (Å²) in [7, 11) is 0. The van der Waals surface area contributed by atoms with Gasteiger partial charge < -0.3 is 10.2 Å². The average Bonchev–Trinajstić information content (AvgIpc) is 3.26. The van der Waals surface area contributed by atoms with Crippen molar-refractivity contribution in [1.82, 2.24) is 24.5 Å². The number of carbonyl (C=O) groups excluding carboxylic acids is 1. The summed E-state index contributed by atoms with van der Waals surface area (Å²) >= 11 is 15.7. The van der Waals surface area contributed by atoms with Gasteiger partial charge in [0.2, 0.25) is 5.91 Å². The van der Waals surface area contributed by atoms with Crippen molar-refractivity contribution in [1.29, 1.82) is 0 Å². The van der Waals surface area contributed by atoms with Crippen LogP contribution in [-0.4, -0.2) is 43.5 Å². The molecule has 1 amide bonds. The molecule has 10 heteroatoms. The molecule has 1 aromatic carbocycles. The molecule has 0 spiro atoms. The third-order valence-electron chi connectivity index (χ3n) is 6.18. The number of pyridine rings is 1. The predicted molar refractivity (Wildman–Crippen MR) is 141 cm³/mol. The lowest BCUT2D eigenvalue weighted by Gasteiger charge is -2.33. The number of piperidine rings is 1. The average molecular weight is 574 g/mol. The predicted octanol–water partition coefficient (Wildman–Crippen LogP) is 5.75. The van der Waals surface area contributed by atoms with E-state index in [9.17, 15) is 4.79 Å². The first-order chi connectivity index (χ1) is 17.0. The van der Waals surface area contributed by atoms with Gasteiger partial charge in [-0.25, -0.2) is 4.98 Å². The summed E-state index contributed by atoms with van der Waals surface area (Å²) < 4.78 is 2.62. The quantitative estimate of drug-likeness (QED) is 0.318. The molecule has 4 heterocycles. The van der Waals surface area contributed by atoms with E-state index in [1.807, 2.05) is 35.4 Å². The van der Waals surface area contributed by atoms with Gasteiger partial charge in [-0.1, -0.05) is 35.3 Å². The van der Waals surface area contributed by atoms with Crippen molar-refractivity contribution < 1.29 is 4.79 Å². The van der Waals surface area contributed by atoms with Crippen molar-refractivity contribution in [3.8, 4) is 0 Å². The Kier molecular flexibility index (Phi) is 7.22. The second-order valence-corrected chi connectivity index (χ2v) is 10.3. The lowest BCUT2D eigenvalue weighted by atomic mass is 9.94. The summed E-state index contributed by atoms with van der Waals surface area (Å²) in [6.07, 6.45) is 7.52. The number of halogens is 3. The molecule has 35 heavy (non-hydrogen) atoms. The normalized spacial score (nSPS) is 16.0. The second-order valence-electron chi connectivity index (χ2n) is 8.61. The Hall–Kier alpha value is -2.68. The maximum atomic E-state index is 13.1. The summed E-state index contributed by atoms with van der Waals surface area (Å²) in [5.74, 6) is 1.06. The van der Waals surface area contributed by atoms with Crippen LogP contribution in [0.4, 0.5) is 5.82 Å². The van der Waals surface area contributed by atoms with Gasteiger partial charge in [0.05, 0.1) is 32.8 Å². The van der Waals surface area contributed by atoms with Gasteiger partial charge in [-0.05, 0) is 58.1 Å². The standard InChI is InChI=1S/C25H23BrCl2N6O/c26-19-14-31-34-23(30-13-17-3-1-7-29-12-17)11-22(32-25(19)34)18-4-2-8-33(15-18)24(35)10-16-5-6-20(27)21(28)9-16/h1,3,5-7,9,11-12,14,18,30H,2,4,8,10,13,15H2. The van der Waals surface area contributed by atoms with E-state index in [0.29, 0.717) is 29.6 Å². The molecule has 1 aliphatic rings. The van der Waals surface area contributed by atoms with Crippen molar-refractivity contribution in [2.45, 2.75) is 31.7 Å². The Morgan fingerprint density at radius 3 is 2.83 bits per heavy atom. The summed E-state index contributed by atoms with van der Waals surface area (Å²) in [4.78, 5) is 24.1. The highest BCUT2D eigenvalue weighted by atomic mass is 79.9. The molecule has 180 valence electrons. The zero-order valence-corrected chi connectivity index (χ0v) is 21.9. The number of likely N-dealkylation sites (tertiary alicyclic amines) is 1. The van der Waals surface area contributed by atoms with Crippen LogP contribution in [0.25, 0.3) is 5.65 Å². The van der Waals surface area contributed by atoms with Gasteiger partial charge in [0, 0.05) is 44.0 Å². The van der Waals surface area contributed by atoms with Crippen LogP contribution < -0.4 is 5.32 Å². The van der Waals surface area contributed by atoms with E-state index in [1.54, 1.807) is 29.0 Å². The van der Waals surface area contributed by atoms with E-state index in [4.69, 9.17) is 28.2 Å². The fraction of sp³-hybridized carbons (Fsp3) is 0.280. The second kappa shape index (κ2) is 10.5. The highest BCUT2D eigenvalue weighted by molar-refractivity contribution is 9.10.